The van der Waals surface area contributed by atoms with Gasteiger partial charge in [0.25, 0.3) is 0 Å². The molecule has 0 aliphatic rings. The van der Waals surface area contributed by atoms with Crippen molar-refractivity contribution in [3.8, 4) is 0 Å². The van der Waals surface area contributed by atoms with Crippen LogP contribution in [0.25, 0.3) is 0 Å². The molecule has 0 bridgehead atoms. The van der Waals surface area contributed by atoms with Gasteiger partial charge in [-0.3, -0.25) is 4.90 Å². The van der Waals surface area contributed by atoms with E-state index < -0.39 is 6.03 Å². The largest absolute Gasteiger partial charge is 0.350 e. The molecule has 0 aliphatic carbocycles. The Morgan fingerprint density at radius 2 is 1.85 bits per heavy atom. The average Bonchev–Trinajstić information content (AvgIpc) is 2.41. The summed E-state index contributed by atoms with van der Waals surface area (Å²) >= 11 is 0. The fraction of sp³-hybridized carbons (Fsp3) is 0.467. The van der Waals surface area contributed by atoms with Crippen molar-refractivity contribution in [2.24, 2.45) is 10.8 Å². The summed E-state index contributed by atoms with van der Waals surface area (Å²) in [5.41, 5.74) is 9.31. The van der Waals surface area contributed by atoms with Gasteiger partial charge in [0.1, 0.15) is 0 Å². The first-order chi connectivity index (χ1) is 9.65. The van der Waals surface area contributed by atoms with E-state index in [1.54, 1.807) is 6.21 Å². The predicted molar refractivity (Wildman–Crippen MR) is 82.6 cm³/mol. The number of nitrogens with one attached hydrogen (secondary N) is 1. The first kappa shape index (κ1) is 16.2. The zero-order chi connectivity index (χ0) is 14.8. The van der Waals surface area contributed by atoms with E-state index in [1.807, 2.05) is 12.1 Å². The second-order valence-electron chi connectivity index (χ2n) is 4.75. The number of hydrazone groups is 1. The highest BCUT2D eigenvalue weighted by Gasteiger charge is 2.03. The summed E-state index contributed by atoms with van der Waals surface area (Å²) in [6.07, 6.45) is 3.91. The average molecular weight is 276 g/mol. The minimum absolute atomic E-state index is 0.660. The molecule has 0 unspecified atom stereocenters. The third kappa shape index (κ3) is 6.33. The van der Waals surface area contributed by atoms with Crippen LogP contribution in [0.3, 0.4) is 0 Å². The highest BCUT2D eigenvalue weighted by molar-refractivity contribution is 5.81. The summed E-state index contributed by atoms with van der Waals surface area (Å²) in [6, 6.07) is 7.48. The van der Waals surface area contributed by atoms with Crippen LogP contribution in [0.1, 0.15) is 37.8 Å². The zero-order valence-electron chi connectivity index (χ0n) is 12.3. The predicted octanol–water partition coefficient (Wildman–Crippen LogP) is 2.31. The number of hydrogen-bond acceptors (Lipinski definition) is 3. The zero-order valence-corrected chi connectivity index (χ0v) is 12.3. The molecule has 2 amide bonds. The van der Waals surface area contributed by atoms with Crippen LogP contribution in [0.5, 0.6) is 0 Å². The Bertz CT molecular complexity index is 422. The summed E-state index contributed by atoms with van der Waals surface area (Å²) in [7, 11) is 0. The normalized spacial score (nSPS) is 11.2. The smallest absolute Gasteiger partial charge is 0.332 e. The van der Waals surface area contributed by atoms with Crippen molar-refractivity contribution in [2.45, 2.75) is 33.2 Å². The third-order valence-electron chi connectivity index (χ3n) is 2.85. The van der Waals surface area contributed by atoms with Gasteiger partial charge in [-0.05, 0) is 37.1 Å². The van der Waals surface area contributed by atoms with Crippen molar-refractivity contribution in [1.29, 1.82) is 0 Å². The molecule has 0 heterocycles. The molecule has 0 radical (unpaired) electrons. The molecule has 1 rings (SSSR count). The molecule has 5 heteroatoms. The van der Waals surface area contributed by atoms with Crippen LogP contribution in [0.2, 0.25) is 0 Å². The van der Waals surface area contributed by atoms with Crippen molar-refractivity contribution in [3.63, 3.8) is 0 Å². The lowest BCUT2D eigenvalue weighted by atomic mass is 10.1. The minimum Gasteiger partial charge on any atom is -0.350 e. The molecule has 3 N–H and O–H groups in total. The van der Waals surface area contributed by atoms with E-state index >= 15 is 0 Å². The fourth-order valence-corrected chi connectivity index (χ4v) is 2.04. The van der Waals surface area contributed by atoms with Crippen LogP contribution >= 0.6 is 0 Å². The van der Waals surface area contributed by atoms with Gasteiger partial charge in [0.05, 0.1) is 6.21 Å². The Morgan fingerprint density at radius 3 is 2.35 bits per heavy atom. The van der Waals surface area contributed by atoms with Gasteiger partial charge >= 0.3 is 6.03 Å². The Hall–Kier alpha value is -1.88. The SMILES string of the molecule is CCCN(CCC)Cc1ccc(C=NNC(N)=O)cc1. The molecule has 110 valence electrons. The van der Waals surface area contributed by atoms with E-state index in [0.29, 0.717) is 0 Å². The van der Waals surface area contributed by atoms with Gasteiger partial charge in [-0.2, -0.15) is 5.10 Å². The van der Waals surface area contributed by atoms with Crippen molar-refractivity contribution < 1.29 is 4.79 Å². The summed E-state index contributed by atoms with van der Waals surface area (Å²) in [5, 5.41) is 3.73. The summed E-state index contributed by atoms with van der Waals surface area (Å²) in [6.45, 7) is 7.62. The topological polar surface area (TPSA) is 70.7 Å². The van der Waals surface area contributed by atoms with E-state index in [0.717, 1.165) is 25.2 Å². The van der Waals surface area contributed by atoms with Gasteiger partial charge < -0.3 is 5.73 Å². The second kappa shape index (κ2) is 9.09. The van der Waals surface area contributed by atoms with Gasteiger partial charge in [0.15, 0.2) is 0 Å². The van der Waals surface area contributed by atoms with Crippen LogP contribution in [-0.4, -0.2) is 30.2 Å². The summed E-state index contributed by atoms with van der Waals surface area (Å²) in [5.74, 6) is 0. The van der Waals surface area contributed by atoms with Crippen molar-refractivity contribution >= 4 is 12.2 Å². The van der Waals surface area contributed by atoms with Crippen molar-refractivity contribution in [2.75, 3.05) is 13.1 Å². The van der Waals surface area contributed by atoms with Crippen LogP contribution < -0.4 is 11.2 Å². The standard InChI is InChI=1S/C15H24N4O/c1-3-9-19(10-4-2)12-14-7-5-13(6-8-14)11-17-18-15(16)20/h5-8,11H,3-4,9-10,12H2,1-2H3,(H3,16,18,20). The minimum atomic E-state index is -0.660. The Labute approximate surface area is 120 Å². The molecule has 0 atom stereocenters. The fourth-order valence-electron chi connectivity index (χ4n) is 2.04. The van der Waals surface area contributed by atoms with Crippen LogP contribution in [0, 0.1) is 0 Å². The van der Waals surface area contributed by atoms with Gasteiger partial charge in [-0.15, -0.1) is 0 Å². The monoisotopic (exact) mass is 276 g/mol. The maximum absolute atomic E-state index is 10.5. The molecule has 0 saturated carbocycles. The molecule has 5 nitrogen and oxygen atoms in total. The summed E-state index contributed by atoms with van der Waals surface area (Å²) < 4.78 is 0. The molecular weight excluding hydrogens is 252 g/mol. The number of nitrogens with zero attached hydrogens (tertiary/aromatic N) is 2. The molecule has 0 spiro atoms. The van der Waals surface area contributed by atoms with Crippen molar-refractivity contribution in [1.82, 2.24) is 10.3 Å². The summed E-state index contributed by atoms with van der Waals surface area (Å²) in [4.78, 5) is 12.9. The van der Waals surface area contributed by atoms with Crippen LogP contribution in [0.15, 0.2) is 29.4 Å². The maximum Gasteiger partial charge on any atom is 0.332 e. The van der Waals surface area contributed by atoms with E-state index in [2.05, 4.69) is 41.4 Å². The molecule has 20 heavy (non-hydrogen) atoms. The number of nitrogens with two attached hydrogens (primary N) is 1. The molecule has 1 aromatic rings. The van der Waals surface area contributed by atoms with Gasteiger partial charge in [-0.1, -0.05) is 38.1 Å². The Kier molecular flexibility index (Phi) is 7.35. The number of hydrogen-bond donors (Lipinski definition) is 2. The molecule has 0 aliphatic heterocycles. The number of urea groups is 1. The second-order valence-corrected chi connectivity index (χ2v) is 4.75. The molecule has 1 aromatic carbocycles. The van der Waals surface area contributed by atoms with Crippen molar-refractivity contribution in [3.05, 3.63) is 35.4 Å². The van der Waals surface area contributed by atoms with E-state index in [4.69, 9.17) is 5.73 Å². The third-order valence-corrected chi connectivity index (χ3v) is 2.85. The number of carbonyl (C=O) groups excluding carboxylic acids is 1. The van der Waals surface area contributed by atoms with Crippen LogP contribution in [-0.2, 0) is 6.54 Å². The van der Waals surface area contributed by atoms with E-state index in [9.17, 15) is 4.79 Å². The van der Waals surface area contributed by atoms with Crippen LogP contribution in [0.4, 0.5) is 4.79 Å². The number of primary amides is 1. The molecule has 0 saturated heterocycles. The molecular formula is C15H24N4O. The van der Waals surface area contributed by atoms with E-state index in [1.165, 1.54) is 18.4 Å². The highest BCUT2D eigenvalue weighted by atomic mass is 16.2. The number of rotatable bonds is 8. The van der Waals surface area contributed by atoms with Gasteiger partial charge in [0, 0.05) is 6.54 Å². The number of benzene rings is 1. The Balaban J connectivity index is 2.56. The van der Waals surface area contributed by atoms with E-state index in [-0.39, 0.29) is 0 Å². The molecule has 0 fully saturated rings. The number of amides is 2. The molecule has 0 aromatic heterocycles. The lowest BCUT2D eigenvalue weighted by Crippen LogP contribution is -2.25. The van der Waals surface area contributed by atoms with Gasteiger partial charge in [-0.25, -0.2) is 10.2 Å². The number of carbonyl (C=O) groups is 1. The Morgan fingerprint density at radius 1 is 1.25 bits per heavy atom. The first-order valence-corrected chi connectivity index (χ1v) is 7.05. The van der Waals surface area contributed by atoms with Gasteiger partial charge in [0.2, 0.25) is 0 Å². The quantitative estimate of drug-likeness (QED) is 0.565. The lowest BCUT2D eigenvalue weighted by Gasteiger charge is -2.20. The maximum atomic E-state index is 10.5. The first-order valence-electron chi connectivity index (χ1n) is 7.05. The lowest BCUT2D eigenvalue weighted by molar-refractivity contribution is 0.249. The highest BCUT2D eigenvalue weighted by Crippen LogP contribution is 2.07.